The Bertz CT molecular complexity index is 304. The van der Waals surface area contributed by atoms with Gasteiger partial charge in [-0.2, -0.15) is 0 Å². The molecule has 3 nitrogen and oxygen atoms in total. The molecular weight excluding hydrogens is 152 g/mol. The first-order chi connectivity index (χ1) is 5.74. The van der Waals surface area contributed by atoms with Gasteiger partial charge in [0.15, 0.2) is 0 Å². The van der Waals surface area contributed by atoms with Crippen molar-refractivity contribution in [3.63, 3.8) is 0 Å². The summed E-state index contributed by atoms with van der Waals surface area (Å²) in [5, 5.41) is 3.15. The summed E-state index contributed by atoms with van der Waals surface area (Å²) < 4.78 is 1.55. The highest BCUT2D eigenvalue weighted by molar-refractivity contribution is 5.40. The summed E-state index contributed by atoms with van der Waals surface area (Å²) in [4.78, 5) is 11.1. The van der Waals surface area contributed by atoms with Crippen LogP contribution in [0, 0.1) is 0 Å². The van der Waals surface area contributed by atoms with Crippen LogP contribution < -0.4 is 10.9 Å². The second kappa shape index (κ2) is 3.95. The van der Waals surface area contributed by atoms with Gasteiger partial charge in [-0.05, 0) is 12.5 Å². The van der Waals surface area contributed by atoms with Crippen molar-refractivity contribution in [2.45, 2.75) is 13.3 Å². The molecule has 0 spiro atoms. The molecule has 0 aliphatic heterocycles. The van der Waals surface area contributed by atoms with Gasteiger partial charge in [0.05, 0.1) is 0 Å². The number of hydrogen-bond acceptors (Lipinski definition) is 2. The average Bonchev–Trinajstić information content (AvgIpc) is 2.07. The largest absolute Gasteiger partial charge is 0.385 e. The predicted molar refractivity (Wildman–Crippen MR) is 50.5 cm³/mol. The number of nitrogens with one attached hydrogen (secondary N) is 1. The van der Waals surface area contributed by atoms with Gasteiger partial charge in [0.1, 0.15) is 0 Å². The predicted octanol–water partition coefficient (Wildman–Crippen LogP) is 1.21. The van der Waals surface area contributed by atoms with Crippen molar-refractivity contribution < 1.29 is 0 Å². The Morgan fingerprint density at radius 2 is 2.33 bits per heavy atom. The molecule has 0 unspecified atom stereocenters. The maximum Gasteiger partial charge on any atom is 0.252 e. The van der Waals surface area contributed by atoms with Gasteiger partial charge in [-0.1, -0.05) is 6.92 Å². The topological polar surface area (TPSA) is 34.0 Å². The molecule has 66 valence electrons. The van der Waals surface area contributed by atoms with Gasteiger partial charge in [0.2, 0.25) is 0 Å². The first kappa shape index (κ1) is 8.84. The number of nitrogens with zero attached hydrogens (tertiary/aromatic N) is 1. The lowest BCUT2D eigenvalue weighted by Crippen LogP contribution is -2.15. The first-order valence-electron chi connectivity index (χ1n) is 4.14. The smallest absolute Gasteiger partial charge is 0.252 e. The Balaban J connectivity index is 2.76. The molecule has 12 heavy (non-hydrogen) atoms. The minimum Gasteiger partial charge on any atom is -0.385 e. The second-order valence-corrected chi connectivity index (χ2v) is 2.79. The van der Waals surface area contributed by atoms with Crippen LogP contribution in [0.4, 0.5) is 5.69 Å². The Labute approximate surface area is 72.0 Å². The molecule has 0 aliphatic rings. The number of anilines is 1. The van der Waals surface area contributed by atoms with Crippen molar-refractivity contribution in [1.29, 1.82) is 0 Å². The van der Waals surface area contributed by atoms with Crippen molar-refractivity contribution in [2.24, 2.45) is 7.05 Å². The van der Waals surface area contributed by atoms with Crippen LogP contribution >= 0.6 is 0 Å². The van der Waals surface area contributed by atoms with Crippen LogP contribution in [0.2, 0.25) is 0 Å². The number of aromatic nitrogens is 1. The summed E-state index contributed by atoms with van der Waals surface area (Å²) in [5.74, 6) is 0. The van der Waals surface area contributed by atoms with Crippen molar-refractivity contribution >= 4 is 5.69 Å². The molecule has 0 saturated carbocycles. The zero-order chi connectivity index (χ0) is 8.97. The Kier molecular flexibility index (Phi) is 2.91. The zero-order valence-corrected chi connectivity index (χ0v) is 7.50. The van der Waals surface area contributed by atoms with E-state index < -0.39 is 0 Å². The zero-order valence-electron chi connectivity index (χ0n) is 7.50. The van der Waals surface area contributed by atoms with E-state index in [0.29, 0.717) is 0 Å². The molecule has 1 heterocycles. The van der Waals surface area contributed by atoms with Crippen molar-refractivity contribution in [3.8, 4) is 0 Å². The number of pyridine rings is 1. The van der Waals surface area contributed by atoms with Gasteiger partial charge in [-0.25, -0.2) is 0 Å². The lowest BCUT2D eigenvalue weighted by atomic mass is 10.4. The molecule has 0 fully saturated rings. The van der Waals surface area contributed by atoms with E-state index in [9.17, 15) is 4.79 Å². The van der Waals surface area contributed by atoms with Crippen molar-refractivity contribution in [3.05, 3.63) is 28.7 Å². The SMILES string of the molecule is CCCNc1ccn(C)c(=O)c1. The van der Waals surface area contributed by atoms with E-state index in [4.69, 9.17) is 0 Å². The third kappa shape index (κ3) is 2.12. The summed E-state index contributed by atoms with van der Waals surface area (Å²) >= 11 is 0. The normalized spacial score (nSPS) is 9.83. The Morgan fingerprint density at radius 3 is 2.92 bits per heavy atom. The molecule has 1 N–H and O–H groups in total. The summed E-state index contributed by atoms with van der Waals surface area (Å²) in [5.41, 5.74) is 0.927. The first-order valence-corrected chi connectivity index (χ1v) is 4.14. The van der Waals surface area contributed by atoms with E-state index in [-0.39, 0.29) is 5.56 Å². The molecule has 3 heteroatoms. The minimum absolute atomic E-state index is 0.0242. The molecular formula is C9H14N2O. The van der Waals surface area contributed by atoms with Crippen LogP contribution in [0.15, 0.2) is 23.1 Å². The van der Waals surface area contributed by atoms with Crippen molar-refractivity contribution in [2.75, 3.05) is 11.9 Å². The highest BCUT2D eigenvalue weighted by Crippen LogP contribution is 2.00. The van der Waals surface area contributed by atoms with E-state index >= 15 is 0 Å². The van der Waals surface area contributed by atoms with Gasteiger partial charge in [0, 0.05) is 31.5 Å². The number of aryl methyl sites for hydroxylation is 1. The van der Waals surface area contributed by atoms with Crippen LogP contribution in [-0.2, 0) is 7.05 Å². The molecule has 0 amide bonds. The lowest BCUT2D eigenvalue weighted by molar-refractivity contribution is 0.858. The molecule has 1 aromatic heterocycles. The third-order valence-electron chi connectivity index (χ3n) is 1.68. The summed E-state index contributed by atoms with van der Waals surface area (Å²) in [6.45, 7) is 3.00. The summed E-state index contributed by atoms with van der Waals surface area (Å²) in [6.07, 6.45) is 2.83. The molecule has 0 aliphatic carbocycles. The van der Waals surface area contributed by atoms with Gasteiger partial charge in [-0.3, -0.25) is 4.79 Å². The third-order valence-corrected chi connectivity index (χ3v) is 1.68. The van der Waals surface area contributed by atoms with Crippen LogP contribution in [0.3, 0.4) is 0 Å². The maximum atomic E-state index is 11.1. The highest BCUT2D eigenvalue weighted by Gasteiger charge is 1.92. The molecule has 0 saturated heterocycles. The fraction of sp³-hybridized carbons (Fsp3) is 0.444. The Hall–Kier alpha value is -1.25. The monoisotopic (exact) mass is 166 g/mol. The fourth-order valence-corrected chi connectivity index (χ4v) is 0.928. The average molecular weight is 166 g/mol. The lowest BCUT2D eigenvalue weighted by Gasteiger charge is -2.04. The van der Waals surface area contributed by atoms with E-state index in [1.807, 2.05) is 6.07 Å². The quantitative estimate of drug-likeness (QED) is 0.732. The van der Waals surface area contributed by atoms with Crippen LogP contribution in [0.5, 0.6) is 0 Å². The Morgan fingerprint density at radius 1 is 1.58 bits per heavy atom. The minimum atomic E-state index is 0.0242. The standard InChI is InChI=1S/C9H14N2O/c1-3-5-10-8-4-6-11(2)9(12)7-8/h4,6-7,10H,3,5H2,1-2H3. The molecule has 0 bridgehead atoms. The van der Waals surface area contributed by atoms with Gasteiger partial charge < -0.3 is 9.88 Å². The van der Waals surface area contributed by atoms with Gasteiger partial charge in [-0.15, -0.1) is 0 Å². The van der Waals surface area contributed by atoms with Gasteiger partial charge in [0.25, 0.3) is 5.56 Å². The molecule has 0 atom stereocenters. The molecule has 0 aromatic carbocycles. The van der Waals surface area contributed by atoms with E-state index in [1.165, 1.54) is 0 Å². The summed E-state index contributed by atoms with van der Waals surface area (Å²) in [6, 6.07) is 3.51. The van der Waals surface area contributed by atoms with Crippen LogP contribution in [-0.4, -0.2) is 11.1 Å². The van der Waals surface area contributed by atoms with Crippen molar-refractivity contribution in [1.82, 2.24) is 4.57 Å². The van der Waals surface area contributed by atoms with Crippen LogP contribution in [0.1, 0.15) is 13.3 Å². The van der Waals surface area contributed by atoms with E-state index in [1.54, 1.807) is 23.9 Å². The van der Waals surface area contributed by atoms with Crippen LogP contribution in [0.25, 0.3) is 0 Å². The highest BCUT2D eigenvalue weighted by atomic mass is 16.1. The van der Waals surface area contributed by atoms with E-state index in [0.717, 1.165) is 18.7 Å². The maximum absolute atomic E-state index is 11.1. The number of hydrogen-bond donors (Lipinski definition) is 1. The molecule has 0 radical (unpaired) electrons. The summed E-state index contributed by atoms with van der Waals surface area (Å²) in [7, 11) is 1.74. The fourth-order valence-electron chi connectivity index (χ4n) is 0.928. The molecule has 1 rings (SSSR count). The van der Waals surface area contributed by atoms with Gasteiger partial charge >= 0.3 is 0 Å². The van der Waals surface area contributed by atoms with E-state index in [2.05, 4.69) is 12.2 Å². The second-order valence-electron chi connectivity index (χ2n) is 2.79. The molecule has 1 aromatic rings. The number of rotatable bonds is 3.